The highest BCUT2D eigenvalue weighted by molar-refractivity contribution is 6.22. The average molecular weight is 254 g/mol. The number of amides is 1. The van der Waals surface area contributed by atoms with E-state index in [1.807, 2.05) is 11.8 Å². The standard InChI is InChI=1S/C11H12ClN3O2/c1-7-3-4-9(5-10(7)13-6-16)14-8(2)11(17)15-12/h3-5,8,14H,1-2H3,(H,15,17). The maximum absolute atomic E-state index is 11.2. The molecule has 0 bridgehead atoms. The molecule has 0 heterocycles. The lowest BCUT2D eigenvalue weighted by Crippen LogP contribution is -2.32. The summed E-state index contributed by atoms with van der Waals surface area (Å²) in [5.41, 5.74) is 2.05. The Kier molecular flexibility index (Phi) is 4.69. The summed E-state index contributed by atoms with van der Waals surface area (Å²) >= 11 is 5.21. The van der Waals surface area contributed by atoms with Gasteiger partial charge in [-0.3, -0.25) is 9.63 Å². The Morgan fingerprint density at radius 1 is 1.53 bits per heavy atom. The Bertz CT molecular complexity index is 470. The number of carbonyl (C=O) groups is 1. The molecule has 1 atom stereocenters. The van der Waals surface area contributed by atoms with E-state index < -0.39 is 6.04 Å². The van der Waals surface area contributed by atoms with Crippen molar-refractivity contribution in [3.05, 3.63) is 23.8 Å². The molecule has 0 aromatic heterocycles. The molecule has 0 saturated heterocycles. The minimum Gasteiger partial charge on any atom is -0.374 e. The zero-order valence-electron chi connectivity index (χ0n) is 9.45. The maximum atomic E-state index is 11.2. The van der Waals surface area contributed by atoms with Crippen LogP contribution in [0.25, 0.3) is 0 Å². The highest BCUT2D eigenvalue weighted by Gasteiger charge is 2.11. The van der Waals surface area contributed by atoms with Crippen molar-refractivity contribution < 1.29 is 9.59 Å². The maximum Gasteiger partial charge on any atom is 0.256 e. The summed E-state index contributed by atoms with van der Waals surface area (Å²) in [4.78, 5) is 27.0. The molecule has 0 radical (unpaired) electrons. The zero-order valence-corrected chi connectivity index (χ0v) is 10.2. The summed E-state index contributed by atoms with van der Waals surface area (Å²) in [5, 5.41) is 2.93. The summed E-state index contributed by atoms with van der Waals surface area (Å²) in [6, 6.07) is 4.77. The average Bonchev–Trinajstić information content (AvgIpc) is 2.32. The molecule has 0 aliphatic carbocycles. The number of benzene rings is 1. The highest BCUT2D eigenvalue weighted by Crippen LogP contribution is 2.22. The van der Waals surface area contributed by atoms with Crippen LogP contribution in [0.15, 0.2) is 23.2 Å². The summed E-state index contributed by atoms with van der Waals surface area (Å²) in [6.07, 6.45) is 1.49. The van der Waals surface area contributed by atoms with Gasteiger partial charge in [0.25, 0.3) is 5.91 Å². The van der Waals surface area contributed by atoms with Gasteiger partial charge in [0.15, 0.2) is 0 Å². The molecule has 5 nitrogen and oxygen atoms in total. The molecule has 6 heteroatoms. The normalized spacial score (nSPS) is 11.2. The van der Waals surface area contributed by atoms with E-state index in [1.54, 1.807) is 25.1 Å². The van der Waals surface area contributed by atoms with Crippen LogP contribution in [0.2, 0.25) is 0 Å². The predicted molar refractivity (Wildman–Crippen MR) is 66.0 cm³/mol. The van der Waals surface area contributed by atoms with Gasteiger partial charge in [0.2, 0.25) is 6.08 Å². The van der Waals surface area contributed by atoms with Gasteiger partial charge in [-0.15, -0.1) is 0 Å². The van der Waals surface area contributed by atoms with Crippen LogP contribution in [0, 0.1) is 6.92 Å². The SMILES string of the molecule is Cc1ccc(NC(C)C(=O)NCl)cc1N=C=O. The fourth-order valence-electron chi connectivity index (χ4n) is 1.27. The number of nitrogens with zero attached hydrogens (tertiary/aromatic N) is 1. The van der Waals surface area contributed by atoms with Crippen LogP contribution >= 0.6 is 11.8 Å². The van der Waals surface area contributed by atoms with Gasteiger partial charge < -0.3 is 5.32 Å². The molecule has 17 heavy (non-hydrogen) atoms. The lowest BCUT2D eigenvalue weighted by atomic mass is 10.1. The lowest BCUT2D eigenvalue weighted by Gasteiger charge is -2.13. The zero-order chi connectivity index (χ0) is 12.8. The first kappa shape index (κ1) is 13.2. The molecule has 0 spiro atoms. The molecule has 0 saturated carbocycles. The first-order chi connectivity index (χ1) is 8.08. The van der Waals surface area contributed by atoms with Crippen molar-refractivity contribution in [1.82, 2.24) is 4.84 Å². The number of aliphatic imine (C=N–C) groups is 1. The fraction of sp³-hybridized carbons (Fsp3) is 0.273. The summed E-state index contributed by atoms with van der Waals surface area (Å²) in [7, 11) is 0. The number of hydrogen-bond acceptors (Lipinski definition) is 4. The van der Waals surface area contributed by atoms with Gasteiger partial charge >= 0.3 is 0 Å². The number of anilines is 1. The summed E-state index contributed by atoms with van der Waals surface area (Å²) in [6.45, 7) is 3.50. The van der Waals surface area contributed by atoms with E-state index in [1.165, 1.54) is 6.08 Å². The summed E-state index contributed by atoms with van der Waals surface area (Å²) in [5.74, 6) is -0.340. The van der Waals surface area contributed by atoms with Crippen LogP contribution in [-0.2, 0) is 9.59 Å². The molecule has 90 valence electrons. The predicted octanol–water partition coefficient (Wildman–Crippen LogP) is 2.03. The molecule has 1 aromatic carbocycles. The topological polar surface area (TPSA) is 70.6 Å². The minimum absolute atomic E-state index is 0.340. The quantitative estimate of drug-likeness (QED) is 0.490. The van der Waals surface area contributed by atoms with Crippen LogP contribution in [-0.4, -0.2) is 18.0 Å². The van der Waals surface area contributed by atoms with E-state index in [0.29, 0.717) is 11.4 Å². The van der Waals surface area contributed by atoms with E-state index in [2.05, 4.69) is 10.3 Å². The van der Waals surface area contributed by atoms with Gasteiger partial charge in [-0.25, -0.2) is 4.79 Å². The highest BCUT2D eigenvalue weighted by atomic mass is 35.5. The van der Waals surface area contributed by atoms with Crippen molar-refractivity contribution >= 4 is 35.1 Å². The number of nitrogens with one attached hydrogen (secondary N) is 2. The van der Waals surface area contributed by atoms with Crippen LogP contribution in [0.4, 0.5) is 11.4 Å². The monoisotopic (exact) mass is 253 g/mol. The molecule has 2 N–H and O–H groups in total. The van der Waals surface area contributed by atoms with Gasteiger partial charge in [-0.2, -0.15) is 4.99 Å². The van der Waals surface area contributed by atoms with Crippen molar-refractivity contribution in [2.45, 2.75) is 19.9 Å². The molecule has 1 amide bonds. The molecule has 1 aromatic rings. The van der Waals surface area contributed by atoms with Gasteiger partial charge in [-0.1, -0.05) is 6.07 Å². The number of rotatable bonds is 4. The third-order valence-corrected chi connectivity index (χ3v) is 2.43. The minimum atomic E-state index is -0.483. The van der Waals surface area contributed by atoms with Gasteiger partial charge in [0.05, 0.1) is 5.69 Å². The molecule has 1 rings (SSSR count). The van der Waals surface area contributed by atoms with Crippen molar-refractivity contribution in [2.24, 2.45) is 4.99 Å². The molecule has 0 fully saturated rings. The van der Waals surface area contributed by atoms with E-state index in [9.17, 15) is 9.59 Å². The van der Waals surface area contributed by atoms with Gasteiger partial charge in [0.1, 0.15) is 6.04 Å². The Labute approximate surface area is 104 Å². The molecular weight excluding hydrogens is 242 g/mol. The number of carbonyl (C=O) groups excluding carboxylic acids is 2. The van der Waals surface area contributed by atoms with Crippen LogP contribution in [0.5, 0.6) is 0 Å². The van der Waals surface area contributed by atoms with Crippen LogP contribution in [0.1, 0.15) is 12.5 Å². The first-order valence-electron chi connectivity index (χ1n) is 4.94. The van der Waals surface area contributed by atoms with Crippen LogP contribution < -0.4 is 10.2 Å². The smallest absolute Gasteiger partial charge is 0.256 e. The Hall–Kier alpha value is -1.84. The third-order valence-electron chi connectivity index (χ3n) is 2.24. The van der Waals surface area contributed by atoms with E-state index >= 15 is 0 Å². The van der Waals surface area contributed by atoms with Gasteiger partial charge in [0, 0.05) is 17.5 Å². The second-order valence-corrected chi connectivity index (χ2v) is 3.72. The number of isocyanates is 1. The fourth-order valence-corrected chi connectivity index (χ4v) is 1.43. The van der Waals surface area contributed by atoms with E-state index in [0.717, 1.165) is 5.56 Å². The lowest BCUT2D eigenvalue weighted by molar-refractivity contribution is -0.119. The molecular formula is C11H12ClN3O2. The molecule has 0 aliphatic rings. The second-order valence-electron chi connectivity index (χ2n) is 3.53. The molecule has 1 unspecified atom stereocenters. The Morgan fingerprint density at radius 3 is 2.82 bits per heavy atom. The van der Waals surface area contributed by atoms with E-state index in [-0.39, 0.29) is 5.91 Å². The van der Waals surface area contributed by atoms with Crippen molar-refractivity contribution in [2.75, 3.05) is 5.32 Å². The Balaban J connectivity index is 2.89. The van der Waals surface area contributed by atoms with Crippen molar-refractivity contribution in [3.8, 4) is 0 Å². The number of halogens is 1. The first-order valence-corrected chi connectivity index (χ1v) is 5.32. The molecule has 0 aliphatic heterocycles. The third kappa shape index (κ3) is 3.59. The van der Waals surface area contributed by atoms with E-state index in [4.69, 9.17) is 11.8 Å². The van der Waals surface area contributed by atoms with Crippen molar-refractivity contribution in [3.63, 3.8) is 0 Å². The number of hydrogen-bond donors (Lipinski definition) is 2. The Morgan fingerprint density at radius 2 is 2.24 bits per heavy atom. The van der Waals surface area contributed by atoms with Crippen LogP contribution in [0.3, 0.4) is 0 Å². The summed E-state index contributed by atoms with van der Waals surface area (Å²) < 4.78 is 0. The number of aryl methyl sites for hydroxylation is 1. The van der Waals surface area contributed by atoms with Crippen molar-refractivity contribution in [1.29, 1.82) is 0 Å². The van der Waals surface area contributed by atoms with Gasteiger partial charge in [-0.05, 0) is 31.5 Å². The second kappa shape index (κ2) is 6.03. The largest absolute Gasteiger partial charge is 0.374 e.